The lowest BCUT2D eigenvalue weighted by molar-refractivity contribution is 0.392. The van der Waals surface area contributed by atoms with E-state index in [1.54, 1.807) is 13.1 Å². The maximum absolute atomic E-state index is 13.8. The highest BCUT2D eigenvalue weighted by atomic mass is 127. The van der Waals surface area contributed by atoms with Crippen LogP contribution in [0.2, 0.25) is 0 Å². The molecule has 1 unspecified atom stereocenters. The van der Waals surface area contributed by atoms with Crippen molar-refractivity contribution in [1.29, 1.82) is 0 Å². The zero-order valence-electron chi connectivity index (χ0n) is 15.6. The van der Waals surface area contributed by atoms with Gasteiger partial charge in [-0.15, -0.1) is 24.0 Å². The van der Waals surface area contributed by atoms with Crippen molar-refractivity contribution in [2.75, 3.05) is 33.4 Å². The molecule has 1 saturated heterocycles. The van der Waals surface area contributed by atoms with Gasteiger partial charge >= 0.3 is 0 Å². The van der Waals surface area contributed by atoms with E-state index < -0.39 is 0 Å². The Bertz CT molecular complexity index is 574. The van der Waals surface area contributed by atoms with Gasteiger partial charge in [-0.1, -0.05) is 6.07 Å². The summed E-state index contributed by atoms with van der Waals surface area (Å²) in [7, 11) is 5.66. The molecule has 2 rings (SSSR count). The molecule has 0 saturated carbocycles. The minimum atomic E-state index is -0.152. The van der Waals surface area contributed by atoms with E-state index in [0.29, 0.717) is 17.8 Å². The topological polar surface area (TPSA) is 39.7 Å². The van der Waals surface area contributed by atoms with E-state index in [4.69, 9.17) is 0 Å². The Morgan fingerprint density at radius 1 is 1.36 bits per heavy atom. The molecule has 1 aliphatic heterocycles. The van der Waals surface area contributed by atoms with Gasteiger partial charge in [-0.3, -0.25) is 4.99 Å². The van der Waals surface area contributed by atoms with Gasteiger partial charge in [0.05, 0.1) is 0 Å². The molecule has 1 atom stereocenters. The van der Waals surface area contributed by atoms with Crippen molar-refractivity contribution < 1.29 is 4.39 Å². The Balaban J connectivity index is 0.00000312. The summed E-state index contributed by atoms with van der Waals surface area (Å²) in [6, 6.07) is 5.29. The fraction of sp³-hybridized carbons (Fsp3) is 0.611. The van der Waals surface area contributed by atoms with Crippen LogP contribution in [0.5, 0.6) is 0 Å². The van der Waals surface area contributed by atoms with Gasteiger partial charge in [0.15, 0.2) is 5.96 Å². The Labute approximate surface area is 172 Å². The molecule has 25 heavy (non-hydrogen) atoms. The van der Waals surface area contributed by atoms with Crippen LogP contribution in [0.15, 0.2) is 23.2 Å². The first-order valence-electron chi connectivity index (χ1n) is 8.42. The summed E-state index contributed by atoms with van der Waals surface area (Å²) in [6.45, 7) is 4.44. The molecule has 0 radical (unpaired) electrons. The van der Waals surface area contributed by atoms with Gasteiger partial charge in [-0.2, -0.15) is 11.8 Å². The van der Waals surface area contributed by atoms with Crippen LogP contribution in [0.3, 0.4) is 0 Å². The molecule has 0 aromatic heterocycles. The molecule has 0 aliphatic carbocycles. The van der Waals surface area contributed by atoms with Gasteiger partial charge < -0.3 is 15.5 Å². The highest BCUT2D eigenvalue weighted by Gasteiger charge is 2.29. The number of guanidine groups is 1. The van der Waals surface area contributed by atoms with Gasteiger partial charge in [-0.05, 0) is 57.3 Å². The molecule has 1 fully saturated rings. The van der Waals surface area contributed by atoms with Gasteiger partial charge in [0.1, 0.15) is 5.82 Å². The smallest absolute Gasteiger partial charge is 0.191 e. The molecule has 1 aromatic carbocycles. The number of hydrogen-bond donors (Lipinski definition) is 2. The van der Waals surface area contributed by atoms with E-state index in [9.17, 15) is 4.39 Å². The molecule has 0 bridgehead atoms. The lowest BCUT2D eigenvalue weighted by Crippen LogP contribution is -2.43. The summed E-state index contributed by atoms with van der Waals surface area (Å²) in [5.74, 6) is 1.89. The number of rotatable bonds is 6. The van der Waals surface area contributed by atoms with Crippen LogP contribution < -0.4 is 10.6 Å². The molecular weight excluding hydrogens is 450 g/mol. The Kier molecular flexibility index (Phi) is 9.51. The fourth-order valence-corrected chi connectivity index (χ4v) is 4.10. The molecule has 1 heterocycles. The van der Waals surface area contributed by atoms with E-state index in [2.05, 4.69) is 22.5 Å². The molecule has 1 aliphatic rings. The van der Waals surface area contributed by atoms with Crippen molar-refractivity contribution in [3.63, 3.8) is 0 Å². The van der Waals surface area contributed by atoms with Crippen LogP contribution in [-0.2, 0) is 13.1 Å². The SMILES string of the molecule is CN=C(NCc1ccc(F)c(CN(C)C)c1)NCC1(C)CCCS1.I. The molecule has 7 heteroatoms. The standard InChI is InChI=1S/C18H29FN4S.HI/c1-18(8-5-9-24-18)13-22-17(20-2)21-11-14-6-7-16(19)15(10-14)12-23(3)4;/h6-7,10H,5,8-9,11-13H2,1-4H3,(H2,20,21,22);1H. The third-order valence-corrected chi connectivity index (χ3v) is 5.75. The van der Waals surface area contributed by atoms with Gasteiger partial charge in [0.2, 0.25) is 0 Å². The number of nitrogens with one attached hydrogen (secondary N) is 2. The zero-order chi connectivity index (χ0) is 17.6. The van der Waals surface area contributed by atoms with Gasteiger partial charge in [-0.25, -0.2) is 4.39 Å². The second-order valence-electron chi connectivity index (χ2n) is 6.84. The van der Waals surface area contributed by atoms with Gasteiger partial charge in [0.25, 0.3) is 0 Å². The summed E-state index contributed by atoms with van der Waals surface area (Å²) in [5.41, 5.74) is 1.77. The quantitative estimate of drug-likeness (QED) is 0.372. The van der Waals surface area contributed by atoms with Gasteiger partial charge in [0, 0.05) is 37.0 Å². The second-order valence-corrected chi connectivity index (χ2v) is 8.53. The Morgan fingerprint density at radius 3 is 2.72 bits per heavy atom. The number of aliphatic imine (C=N–C) groups is 1. The van der Waals surface area contributed by atoms with Crippen LogP contribution in [0.1, 0.15) is 30.9 Å². The lowest BCUT2D eigenvalue weighted by atomic mass is 10.1. The second kappa shape index (κ2) is 10.6. The average Bonchev–Trinajstić information content (AvgIpc) is 2.97. The van der Waals surface area contributed by atoms with Crippen molar-refractivity contribution in [2.45, 2.75) is 37.6 Å². The van der Waals surface area contributed by atoms with Crippen LogP contribution in [0.4, 0.5) is 4.39 Å². The summed E-state index contributed by atoms with van der Waals surface area (Å²) in [4.78, 5) is 6.25. The molecule has 0 amide bonds. The number of nitrogens with zero attached hydrogens (tertiary/aromatic N) is 2. The first kappa shape index (κ1) is 22.5. The molecule has 142 valence electrons. The minimum Gasteiger partial charge on any atom is -0.355 e. The first-order valence-corrected chi connectivity index (χ1v) is 9.41. The predicted molar refractivity (Wildman–Crippen MR) is 118 cm³/mol. The van der Waals surface area contributed by atoms with E-state index in [1.165, 1.54) is 18.6 Å². The number of halogens is 2. The molecular formula is C18H30FIN4S. The monoisotopic (exact) mass is 480 g/mol. The largest absolute Gasteiger partial charge is 0.355 e. The highest BCUT2D eigenvalue weighted by Crippen LogP contribution is 2.36. The van der Waals surface area contributed by atoms with E-state index in [-0.39, 0.29) is 29.8 Å². The summed E-state index contributed by atoms with van der Waals surface area (Å²) < 4.78 is 14.1. The zero-order valence-corrected chi connectivity index (χ0v) is 18.7. The molecule has 1 aromatic rings. The van der Waals surface area contributed by atoms with E-state index in [1.807, 2.05) is 42.9 Å². The van der Waals surface area contributed by atoms with Crippen molar-refractivity contribution in [3.05, 3.63) is 35.1 Å². The first-order chi connectivity index (χ1) is 11.4. The fourth-order valence-electron chi connectivity index (χ4n) is 2.85. The third-order valence-electron chi connectivity index (χ3n) is 4.21. The van der Waals surface area contributed by atoms with Crippen LogP contribution in [0.25, 0.3) is 0 Å². The highest BCUT2D eigenvalue weighted by molar-refractivity contribution is 14.0. The average molecular weight is 480 g/mol. The third kappa shape index (κ3) is 7.30. The summed E-state index contributed by atoms with van der Waals surface area (Å²) in [5, 5.41) is 6.74. The predicted octanol–water partition coefficient (Wildman–Crippen LogP) is 3.46. The summed E-state index contributed by atoms with van der Waals surface area (Å²) in [6.07, 6.45) is 2.53. The van der Waals surface area contributed by atoms with Crippen molar-refractivity contribution >= 4 is 41.7 Å². The van der Waals surface area contributed by atoms with Crippen LogP contribution >= 0.6 is 35.7 Å². The molecule has 2 N–H and O–H groups in total. The maximum atomic E-state index is 13.8. The number of thioether (sulfide) groups is 1. The van der Waals surface area contributed by atoms with Crippen molar-refractivity contribution in [1.82, 2.24) is 15.5 Å². The Hall–Kier alpha value is -0.540. The number of hydrogen-bond acceptors (Lipinski definition) is 3. The lowest BCUT2D eigenvalue weighted by Gasteiger charge is -2.24. The normalized spacial score (nSPS) is 20.5. The Morgan fingerprint density at radius 2 is 2.12 bits per heavy atom. The number of benzene rings is 1. The van der Waals surface area contributed by atoms with E-state index in [0.717, 1.165) is 23.6 Å². The van der Waals surface area contributed by atoms with Crippen LogP contribution in [0, 0.1) is 5.82 Å². The van der Waals surface area contributed by atoms with Crippen molar-refractivity contribution in [3.8, 4) is 0 Å². The molecule has 0 spiro atoms. The summed E-state index contributed by atoms with van der Waals surface area (Å²) >= 11 is 2.03. The van der Waals surface area contributed by atoms with Crippen LogP contribution in [-0.4, -0.2) is 49.0 Å². The van der Waals surface area contributed by atoms with E-state index >= 15 is 0 Å². The minimum absolute atomic E-state index is 0. The maximum Gasteiger partial charge on any atom is 0.191 e. The van der Waals surface area contributed by atoms with Crippen molar-refractivity contribution in [2.24, 2.45) is 4.99 Å². The molecule has 4 nitrogen and oxygen atoms in total.